The molecule has 0 heterocycles. The Hall–Kier alpha value is -0.860. The first-order valence-electron chi connectivity index (χ1n) is 6.18. The quantitative estimate of drug-likeness (QED) is 0.604. The molecule has 88 valence electrons. The molecule has 1 aromatic rings. The molecule has 1 aliphatic carbocycles. The lowest BCUT2D eigenvalue weighted by Crippen LogP contribution is -2.38. The van der Waals surface area contributed by atoms with Crippen molar-refractivity contribution in [2.75, 3.05) is 0 Å². The molecular formula is C14H22N2. The van der Waals surface area contributed by atoms with Gasteiger partial charge in [-0.2, -0.15) is 0 Å². The number of nitrogens with one attached hydrogen (secondary N) is 1. The van der Waals surface area contributed by atoms with E-state index in [9.17, 15) is 0 Å². The zero-order valence-electron chi connectivity index (χ0n) is 10.3. The van der Waals surface area contributed by atoms with E-state index in [0.29, 0.717) is 5.41 Å². The number of hydrogen-bond acceptors (Lipinski definition) is 2. The average molecular weight is 218 g/mol. The van der Waals surface area contributed by atoms with Crippen LogP contribution in [0.1, 0.15) is 49.8 Å². The summed E-state index contributed by atoms with van der Waals surface area (Å²) < 4.78 is 0. The first kappa shape index (κ1) is 11.6. The largest absolute Gasteiger partial charge is 0.271 e. The first-order chi connectivity index (χ1) is 7.65. The van der Waals surface area contributed by atoms with Gasteiger partial charge in [-0.15, -0.1) is 0 Å². The minimum Gasteiger partial charge on any atom is -0.271 e. The number of nitrogens with two attached hydrogens (primary N) is 1. The molecule has 1 aliphatic rings. The summed E-state index contributed by atoms with van der Waals surface area (Å²) >= 11 is 0. The van der Waals surface area contributed by atoms with Gasteiger partial charge in [0.25, 0.3) is 0 Å². The van der Waals surface area contributed by atoms with Crippen LogP contribution in [-0.2, 0) is 0 Å². The summed E-state index contributed by atoms with van der Waals surface area (Å²) in [5, 5.41) is 0. The summed E-state index contributed by atoms with van der Waals surface area (Å²) in [7, 11) is 0. The highest BCUT2D eigenvalue weighted by Crippen LogP contribution is 2.46. The third kappa shape index (κ3) is 2.13. The fourth-order valence-electron chi connectivity index (χ4n) is 2.93. The molecule has 0 aromatic heterocycles. The molecule has 2 rings (SSSR count). The van der Waals surface area contributed by atoms with Crippen molar-refractivity contribution in [3.63, 3.8) is 0 Å². The van der Waals surface area contributed by atoms with Gasteiger partial charge < -0.3 is 0 Å². The summed E-state index contributed by atoms with van der Waals surface area (Å²) in [4.78, 5) is 0. The highest BCUT2D eigenvalue weighted by molar-refractivity contribution is 5.25. The van der Waals surface area contributed by atoms with Crippen LogP contribution >= 0.6 is 0 Å². The number of aryl methyl sites for hydroxylation is 1. The van der Waals surface area contributed by atoms with Crippen LogP contribution in [0.25, 0.3) is 0 Å². The van der Waals surface area contributed by atoms with Gasteiger partial charge in [0, 0.05) is 0 Å². The molecule has 0 bridgehead atoms. The molecule has 3 N–H and O–H groups in total. The second-order valence-electron chi connectivity index (χ2n) is 5.37. The van der Waals surface area contributed by atoms with Crippen LogP contribution < -0.4 is 11.3 Å². The molecule has 1 fully saturated rings. The van der Waals surface area contributed by atoms with Crippen molar-refractivity contribution in [1.82, 2.24) is 5.43 Å². The van der Waals surface area contributed by atoms with Crippen LogP contribution in [0.5, 0.6) is 0 Å². The second-order valence-corrected chi connectivity index (χ2v) is 5.37. The maximum atomic E-state index is 5.76. The molecule has 0 amide bonds. The molecule has 0 spiro atoms. The van der Waals surface area contributed by atoms with Gasteiger partial charge in [-0.05, 0) is 30.7 Å². The maximum absolute atomic E-state index is 5.76. The van der Waals surface area contributed by atoms with Gasteiger partial charge >= 0.3 is 0 Å². The van der Waals surface area contributed by atoms with Crippen LogP contribution in [0.15, 0.2) is 24.3 Å². The van der Waals surface area contributed by atoms with Crippen molar-refractivity contribution in [2.45, 2.75) is 45.6 Å². The van der Waals surface area contributed by atoms with Gasteiger partial charge in [0.1, 0.15) is 0 Å². The average Bonchev–Trinajstić information content (AvgIpc) is 2.70. The Bertz CT molecular complexity index is 336. The second kappa shape index (κ2) is 4.56. The minimum absolute atomic E-state index is 0.288. The van der Waals surface area contributed by atoms with Crippen molar-refractivity contribution >= 4 is 0 Å². The van der Waals surface area contributed by atoms with Crippen LogP contribution in [0.2, 0.25) is 0 Å². The van der Waals surface area contributed by atoms with E-state index in [0.717, 1.165) is 0 Å². The molecule has 1 unspecified atom stereocenters. The van der Waals surface area contributed by atoms with Crippen molar-refractivity contribution in [1.29, 1.82) is 0 Å². The van der Waals surface area contributed by atoms with E-state index in [-0.39, 0.29) is 6.04 Å². The first-order valence-corrected chi connectivity index (χ1v) is 6.18. The summed E-state index contributed by atoms with van der Waals surface area (Å²) in [6.07, 6.45) is 5.21. The molecule has 2 nitrogen and oxygen atoms in total. The van der Waals surface area contributed by atoms with Gasteiger partial charge in [-0.25, -0.2) is 0 Å². The summed E-state index contributed by atoms with van der Waals surface area (Å²) in [5.41, 5.74) is 5.96. The highest BCUT2D eigenvalue weighted by Gasteiger charge is 2.37. The summed E-state index contributed by atoms with van der Waals surface area (Å²) in [6, 6.07) is 9.01. The number of hydrazine groups is 1. The normalized spacial score (nSPS) is 20.9. The molecule has 1 atom stereocenters. The lowest BCUT2D eigenvalue weighted by Gasteiger charge is -2.34. The van der Waals surface area contributed by atoms with Gasteiger partial charge in [-0.3, -0.25) is 11.3 Å². The van der Waals surface area contributed by atoms with Gasteiger partial charge in [-0.1, -0.05) is 49.6 Å². The predicted molar refractivity (Wildman–Crippen MR) is 67.8 cm³/mol. The zero-order valence-corrected chi connectivity index (χ0v) is 10.3. The van der Waals surface area contributed by atoms with Crippen molar-refractivity contribution in [3.05, 3.63) is 35.4 Å². The summed E-state index contributed by atoms with van der Waals surface area (Å²) in [6.45, 7) is 4.47. The Labute approximate surface area is 98.2 Å². The van der Waals surface area contributed by atoms with Crippen LogP contribution in [-0.4, -0.2) is 0 Å². The lowest BCUT2D eigenvalue weighted by atomic mass is 9.77. The van der Waals surface area contributed by atoms with Crippen LogP contribution in [0.4, 0.5) is 0 Å². The van der Waals surface area contributed by atoms with Crippen molar-refractivity contribution in [2.24, 2.45) is 11.3 Å². The minimum atomic E-state index is 0.288. The van der Waals surface area contributed by atoms with Crippen LogP contribution in [0, 0.1) is 12.3 Å². The highest BCUT2D eigenvalue weighted by atomic mass is 15.2. The number of benzene rings is 1. The Morgan fingerprint density at radius 1 is 1.19 bits per heavy atom. The predicted octanol–water partition coefficient (Wildman–Crippen LogP) is 3.08. The lowest BCUT2D eigenvalue weighted by molar-refractivity contribution is 0.225. The van der Waals surface area contributed by atoms with E-state index in [1.165, 1.54) is 36.8 Å². The number of rotatable bonds is 3. The van der Waals surface area contributed by atoms with E-state index < -0.39 is 0 Å². The van der Waals surface area contributed by atoms with Gasteiger partial charge in [0.15, 0.2) is 0 Å². The molecule has 1 saturated carbocycles. The third-order valence-corrected chi connectivity index (χ3v) is 4.02. The van der Waals surface area contributed by atoms with Gasteiger partial charge in [0.2, 0.25) is 0 Å². The fraction of sp³-hybridized carbons (Fsp3) is 0.571. The fourth-order valence-corrected chi connectivity index (χ4v) is 2.93. The Morgan fingerprint density at radius 3 is 2.25 bits per heavy atom. The van der Waals surface area contributed by atoms with Gasteiger partial charge in [0.05, 0.1) is 6.04 Å². The molecule has 1 aromatic carbocycles. The Kier molecular flexibility index (Phi) is 3.31. The monoisotopic (exact) mass is 218 g/mol. The van der Waals surface area contributed by atoms with E-state index in [1.54, 1.807) is 0 Å². The van der Waals surface area contributed by atoms with E-state index >= 15 is 0 Å². The Morgan fingerprint density at radius 2 is 1.75 bits per heavy atom. The SMILES string of the molecule is Cc1ccc(C(NN)C2(C)CCCC2)cc1. The molecule has 2 heteroatoms. The zero-order chi connectivity index (χ0) is 11.6. The van der Waals surface area contributed by atoms with E-state index in [1.807, 2.05) is 0 Å². The standard InChI is InChI=1S/C14H22N2/c1-11-5-7-12(8-6-11)13(16-15)14(2)9-3-4-10-14/h5-8,13,16H,3-4,9-10,15H2,1-2H3. The smallest absolute Gasteiger partial charge is 0.0513 e. The van der Waals surface area contributed by atoms with E-state index in [4.69, 9.17) is 5.84 Å². The van der Waals surface area contributed by atoms with Crippen molar-refractivity contribution in [3.8, 4) is 0 Å². The molecule has 0 aliphatic heterocycles. The maximum Gasteiger partial charge on any atom is 0.0513 e. The third-order valence-electron chi connectivity index (χ3n) is 4.02. The van der Waals surface area contributed by atoms with E-state index in [2.05, 4.69) is 43.5 Å². The van der Waals surface area contributed by atoms with Crippen molar-refractivity contribution < 1.29 is 0 Å². The molecule has 0 radical (unpaired) electrons. The molecular weight excluding hydrogens is 196 g/mol. The van der Waals surface area contributed by atoms with Crippen LogP contribution in [0.3, 0.4) is 0 Å². The Balaban J connectivity index is 2.25. The molecule has 16 heavy (non-hydrogen) atoms. The topological polar surface area (TPSA) is 38.0 Å². The summed E-state index contributed by atoms with van der Waals surface area (Å²) in [5.74, 6) is 5.76. The number of hydrogen-bond donors (Lipinski definition) is 2. The molecule has 0 saturated heterocycles.